The molecule has 1 N–H and O–H groups in total. The highest BCUT2D eigenvalue weighted by Crippen LogP contribution is 2.41. The summed E-state index contributed by atoms with van der Waals surface area (Å²) in [6.45, 7) is -0.158. The lowest BCUT2D eigenvalue weighted by Crippen LogP contribution is -2.47. The van der Waals surface area contributed by atoms with E-state index >= 15 is 0 Å². The monoisotopic (exact) mass is 540 g/mol. The predicted octanol–water partition coefficient (Wildman–Crippen LogP) is 1.54. The van der Waals surface area contributed by atoms with Crippen molar-refractivity contribution >= 4 is 0 Å². The number of allylic oxidation sites excluding steroid dienone is 2. The Morgan fingerprint density at radius 2 is 1.25 bits per heavy atom. The molecule has 40 heavy (non-hydrogen) atoms. The molecule has 12 heteroatoms. The summed E-state index contributed by atoms with van der Waals surface area (Å²) in [6, 6.07) is 18.7. The maximum Gasteiger partial charge on any atom is 0.352 e. The van der Waals surface area contributed by atoms with Crippen LogP contribution < -0.4 is 22.8 Å². The minimum absolute atomic E-state index is 0.00923. The van der Waals surface area contributed by atoms with Crippen LogP contribution in [0.15, 0.2) is 110 Å². The lowest BCUT2D eigenvalue weighted by molar-refractivity contribution is 0.243. The Balaban J connectivity index is 1.52. The van der Waals surface area contributed by atoms with Crippen LogP contribution in [0.2, 0.25) is 0 Å². The van der Waals surface area contributed by atoms with Crippen LogP contribution in [0.3, 0.4) is 0 Å². The fourth-order valence-corrected chi connectivity index (χ4v) is 5.78. The van der Waals surface area contributed by atoms with Crippen molar-refractivity contribution in [2.24, 2.45) is 0 Å². The Kier molecular flexibility index (Phi) is 5.07. The molecule has 5 aromatic rings. The number of hydrogen-bond donors (Lipinski definition) is 1. The SMILES string of the molecule is O=c1n(-c2ccccc2)c(=O)n2n1CC=C1[C@H]2Cn2c(=O)n(-c3ccccc3)c(=O)n2[C@H]1c1cccc(F)c1O. The van der Waals surface area contributed by atoms with Crippen LogP contribution in [-0.2, 0) is 13.1 Å². The molecule has 0 saturated heterocycles. The van der Waals surface area contributed by atoms with Crippen molar-refractivity contribution < 1.29 is 9.50 Å². The summed E-state index contributed by atoms with van der Waals surface area (Å²) < 4.78 is 21.5. The normalized spacial score (nSPS) is 17.6. The fraction of sp³-hybridized carbons (Fsp3) is 0.143. The summed E-state index contributed by atoms with van der Waals surface area (Å²) in [6.07, 6.45) is 1.69. The molecule has 4 heterocycles. The molecule has 0 spiro atoms. The molecule has 11 nitrogen and oxygen atoms in total. The molecule has 0 fully saturated rings. The molecular formula is C28H21FN6O5. The third-order valence-corrected chi connectivity index (χ3v) is 7.55. The van der Waals surface area contributed by atoms with E-state index in [2.05, 4.69) is 0 Å². The van der Waals surface area contributed by atoms with E-state index < -0.39 is 46.4 Å². The standard InChI is InChI=1S/C28H21FN6O5/c29-21-13-7-12-20(24(21)36)23-19-14-15-30-25(37)32(17-8-3-1-4-9-17)27(39)34(30)22(19)16-31-26(38)33(28(40)35(23)31)18-10-5-2-6-11-18/h1-14,22-23,36H,15-16H2/t22-,23-/m1/s1. The molecule has 0 unspecified atom stereocenters. The summed E-state index contributed by atoms with van der Waals surface area (Å²) in [5.74, 6) is -1.57. The van der Waals surface area contributed by atoms with Crippen LogP contribution in [0.5, 0.6) is 5.75 Å². The van der Waals surface area contributed by atoms with Gasteiger partial charge in [0.1, 0.15) is 6.04 Å². The Bertz CT molecular complexity index is 2080. The van der Waals surface area contributed by atoms with Crippen LogP contribution in [0, 0.1) is 5.82 Å². The van der Waals surface area contributed by atoms with Crippen LogP contribution in [0.1, 0.15) is 17.6 Å². The van der Waals surface area contributed by atoms with Gasteiger partial charge in [-0.05, 0) is 35.9 Å². The number of para-hydroxylation sites is 3. The highest BCUT2D eigenvalue weighted by atomic mass is 19.1. The topological polar surface area (TPSA) is 118 Å². The Hall–Kier alpha value is -5.39. The summed E-state index contributed by atoms with van der Waals surface area (Å²) in [4.78, 5) is 54.7. The zero-order chi connectivity index (χ0) is 27.7. The number of fused-ring (bicyclic) bond motifs is 4. The summed E-state index contributed by atoms with van der Waals surface area (Å²) in [5.41, 5.74) is -1.33. The summed E-state index contributed by atoms with van der Waals surface area (Å²) >= 11 is 0. The molecule has 0 amide bonds. The first-order valence-electron chi connectivity index (χ1n) is 12.6. The third kappa shape index (κ3) is 3.16. The van der Waals surface area contributed by atoms with Crippen molar-refractivity contribution in [2.45, 2.75) is 25.2 Å². The first-order valence-corrected chi connectivity index (χ1v) is 12.6. The van der Waals surface area contributed by atoms with Gasteiger partial charge in [-0.3, -0.25) is 0 Å². The van der Waals surface area contributed by atoms with Crippen LogP contribution in [-0.4, -0.2) is 33.0 Å². The average Bonchev–Trinajstić information content (AvgIpc) is 3.38. The van der Waals surface area contributed by atoms with Gasteiger partial charge in [0.2, 0.25) is 0 Å². The molecule has 2 atom stereocenters. The lowest BCUT2D eigenvalue weighted by atomic mass is 9.89. The Labute approximate surface area is 223 Å². The third-order valence-electron chi connectivity index (χ3n) is 7.55. The number of phenolic OH excluding ortho intramolecular Hbond substituents is 1. The van der Waals surface area contributed by atoms with Crippen molar-refractivity contribution in [1.82, 2.24) is 27.9 Å². The minimum atomic E-state index is -1.13. The second-order valence-electron chi connectivity index (χ2n) is 9.63. The molecule has 7 rings (SSSR count). The largest absolute Gasteiger partial charge is 0.505 e. The number of rotatable bonds is 3. The summed E-state index contributed by atoms with van der Waals surface area (Å²) in [5, 5.41) is 10.8. The first kappa shape index (κ1) is 23.7. The molecule has 0 saturated carbocycles. The van der Waals surface area contributed by atoms with Crippen LogP contribution >= 0.6 is 0 Å². The first-order chi connectivity index (χ1) is 19.4. The molecule has 2 aliphatic rings. The fourth-order valence-electron chi connectivity index (χ4n) is 5.78. The maximum absolute atomic E-state index is 14.6. The van der Waals surface area contributed by atoms with Gasteiger partial charge in [0, 0.05) is 5.56 Å². The van der Waals surface area contributed by atoms with Crippen molar-refractivity contribution in [2.75, 3.05) is 0 Å². The number of aromatic hydroxyl groups is 1. The number of aromatic nitrogens is 6. The zero-order valence-electron chi connectivity index (χ0n) is 20.8. The number of benzene rings is 3. The van der Waals surface area contributed by atoms with Crippen LogP contribution in [0.25, 0.3) is 11.4 Å². The van der Waals surface area contributed by atoms with E-state index in [4.69, 9.17) is 0 Å². The summed E-state index contributed by atoms with van der Waals surface area (Å²) in [7, 11) is 0. The molecular weight excluding hydrogens is 519 g/mol. The van der Waals surface area contributed by atoms with Crippen molar-refractivity contribution in [3.05, 3.63) is 144 Å². The molecule has 2 aromatic heterocycles. The highest BCUT2D eigenvalue weighted by Gasteiger charge is 2.42. The van der Waals surface area contributed by atoms with Gasteiger partial charge in [-0.25, -0.2) is 51.4 Å². The van der Waals surface area contributed by atoms with Crippen molar-refractivity contribution in [1.29, 1.82) is 0 Å². The van der Waals surface area contributed by atoms with E-state index in [1.165, 1.54) is 30.9 Å². The Morgan fingerprint density at radius 3 is 1.88 bits per heavy atom. The smallest absolute Gasteiger partial charge is 0.352 e. The van der Waals surface area contributed by atoms with E-state index in [0.717, 1.165) is 15.2 Å². The van der Waals surface area contributed by atoms with E-state index in [0.29, 0.717) is 16.9 Å². The number of halogens is 1. The van der Waals surface area contributed by atoms with E-state index in [9.17, 15) is 28.7 Å². The zero-order valence-corrected chi connectivity index (χ0v) is 20.8. The predicted molar refractivity (Wildman–Crippen MR) is 142 cm³/mol. The van der Waals surface area contributed by atoms with E-state index in [1.807, 2.05) is 0 Å². The second-order valence-corrected chi connectivity index (χ2v) is 9.63. The number of nitrogens with zero attached hydrogens (tertiary/aromatic N) is 6. The maximum atomic E-state index is 14.6. The van der Waals surface area contributed by atoms with Gasteiger partial charge >= 0.3 is 22.8 Å². The van der Waals surface area contributed by atoms with E-state index in [1.54, 1.807) is 66.7 Å². The quantitative estimate of drug-likeness (QED) is 0.349. The molecule has 0 radical (unpaired) electrons. The van der Waals surface area contributed by atoms with Gasteiger partial charge in [-0.1, -0.05) is 54.6 Å². The van der Waals surface area contributed by atoms with E-state index in [-0.39, 0.29) is 18.7 Å². The number of phenols is 1. The molecule has 2 aliphatic heterocycles. The minimum Gasteiger partial charge on any atom is -0.505 e. The molecule has 0 bridgehead atoms. The van der Waals surface area contributed by atoms with Gasteiger partial charge in [0.15, 0.2) is 11.6 Å². The van der Waals surface area contributed by atoms with Gasteiger partial charge < -0.3 is 5.11 Å². The molecule has 0 aliphatic carbocycles. The Morgan fingerprint density at radius 1 is 0.675 bits per heavy atom. The van der Waals surface area contributed by atoms with Gasteiger partial charge in [0.25, 0.3) is 0 Å². The number of hydrogen-bond acceptors (Lipinski definition) is 5. The van der Waals surface area contributed by atoms with Crippen LogP contribution in [0.4, 0.5) is 4.39 Å². The second kappa shape index (κ2) is 8.56. The molecule has 3 aromatic carbocycles. The van der Waals surface area contributed by atoms with Crippen molar-refractivity contribution in [3.63, 3.8) is 0 Å². The van der Waals surface area contributed by atoms with Gasteiger partial charge in [-0.15, -0.1) is 0 Å². The van der Waals surface area contributed by atoms with Crippen molar-refractivity contribution in [3.8, 4) is 17.1 Å². The van der Waals surface area contributed by atoms with Gasteiger partial charge in [0.05, 0.1) is 30.5 Å². The average molecular weight is 541 g/mol. The lowest BCUT2D eigenvalue weighted by Gasteiger charge is -2.37. The highest BCUT2D eigenvalue weighted by molar-refractivity contribution is 5.43. The molecule has 200 valence electrons. The van der Waals surface area contributed by atoms with Gasteiger partial charge in [-0.2, -0.15) is 0 Å².